The van der Waals surface area contributed by atoms with Gasteiger partial charge in [0.25, 0.3) is 0 Å². The van der Waals surface area contributed by atoms with Gasteiger partial charge in [0.2, 0.25) is 0 Å². The van der Waals surface area contributed by atoms with E-state index in [0.717, 1.165) is 19.1 Å². The minimum absolute atomic E-state index is 0.631. The van der Waals surface area contributed by atoms with Crippen LogP contribution in [0, 0.1) is 0 Å². The molecular formula is C24H47NO3Si2. The number of rotatable bonds is 15. The van der Waals surface area contributed by atoms with Crippen molar-refractivity contribution in [2.24, 2.45) is 0 Å². The number of hydrogen-bond donors (Lipinski definition) is 0. The van der Waals surface area contributed by atoms with E-state index in [0.29, 0.717) is 36.4 Å². The molecule has 0 N–H and O–H groups in total. The van der Waals surface area contributed by atoms with Crippen molar-refractivity contribution < 1.29 is 13.3 Å². The zero-order valence-corrected chi connectivity index (χ0v) is 23.0. The Morgan fingerprint density at radius 1 is 0.733 bits per heavy atom. The molecule has 0 fully saturated rings. The van der Waals surface area contributed by atoms with Crippen LogP contribution in [0.1, 0.15) is 67.9 Å². The Kier molecular flexibility index (Phi) is 12.1. The summed E-state index contributed by atoms with van der Waals surface area (Å²) in [7, 11) is -4.50. The molecule has 174 valence electrons. The lowest BCUT2D eigenvalue weighted by Gasteiger charge is -2.51. The van der Waals surface area contributed by atoms with Gasteiger partial charge in [0.05, 0.1) is 0 Å². The highest BCUT2D eigenvalue weighted by Crippen LogP contribution is 2.45. The fraction of sp³-hybridized carbons (Fsp3) is 0.750. The van der Waals surface area contributed by atoms with Crippen LogP contribution in [0.2, 0.25) is 22.7 Å². The van der Waals surface area contributed by atoms with Crippen LogP contribution in [0.5, 0.6) is 0 Å². The molecule has 1 rings (SSSR count). The van der Waals surface area contributed by atoms with Crippen molar-refractivity contribution in [1.82, 2.24) is 4.57 Å². The van der Waals surface area contributed by atoms with Gasteiger partial charge in [-0.15, -0.1) is 0 Å². The fourth-order valence-corrected chi connectivity index (χ4v) is 15.5. The van der Waals surface area contributed by atoms with Gasteiger partial charge in [0, 0.05) is 32.4 Å². The summed E-state index contributed by atoms with van der Waals surface area (Å²) >= 11 is 0. The van der Waals surface area contributed by atoms with E-state index in [9.17, 15) is 0 Å². The minimum Gasteiger partial charge on any atom is -0.374 e. The average molecular weight is 454 g/mol. The molecule has 0 bridgehead atoms. The molecule has 1 aromatic carbocycles. The van der Waals surface area contributed by atoms with Crippen molar-refractivity contribution in [2.45, 2.75) is 91.5 Å². The maximum atomic E-state index is 6.19. The molecule has 0 aromatic heterocycles. The van der Waals surface area contributed by atoms with Gasteiger partial charge in [-0.2, -0.15) is 0 Å². The van der Waals surface area contributed by atoms with Crippen molar-refractivity contribution >= 4 is 17.0 Å². The first-order chi connectivity index (χ1) is 14.2. The Balaban J connectivity index is 3.34. The summed E-state index contributed by atoms with van der Waals surface area (Å²) in [6.45, 7) is 24.5. The molecule has 30 heavy (non-hydrogen) atoms. The second kappa shape index (κ2) is 13.1. The molecule has 0 radical (unpaired) electrons. The molecule has 0 heterocycles. The summed E-state index contributed by atoms with van der Waals surface area (Å²) in [5.74, 6) is 0. The van der Waals surface area contributed by atoms with Gasteiger partial charge in [-0.3, -0.25) is 0 Å². The van der Waals surface area contributed by atoms with Gasteiger partial charge in [-0.25, -0.2) is 0 Å². The van der Waals surface area contributed by atoms with Crippen molar-refractivity contribution in [2.75, 3.05) is 26.4 Å². The van der Waals surface area contributed by atoms with Crippen molar-refractivity contribution in [3.63, 3.8) is 0 Å². The highest BCUT2D eigenvalue weighted by atomic mass is 28.4. The maximum Gasteiger partial charge on any atom is 0.502 e. The van der Waals surface area contributed by atoms with Crippen LogP contribution in [0.15, 0.2) is 30.3 Å². The predicted octanol–water partition coefficient (Wildman–Crippen LogP) is 6.71. The third-order valence-corrected chi connectivity index (χ3v) is 16.4. The van der Waals surface area contributed by atoms with Crippen LogP contribution in [0.25, 0.3) is 0 Å². The molecule has 0 saturated heterocycles. The highest BCUT2D eigenvalue weighted by Gasteiger charge is 2.49. The van der Waals surface area contributed by atoms with E-state index in [4.69, 9.17) is 13.3 Å². The molecule has 0 aliphatic rings. The zero-order chi connectivity index (χ0) is 22.8. The Labute approximate surface area is 188 Å². The van der Waals surface area contributed by atoms with Crippen molar-refractivity contribution in [3.05, 3.63) is 35.9 Å². The van der Waals surface area contributed by atoms with Crippen LogP contribution in [-0.2, 0) is 19.8 Å². The molecule has 0 spiro atoms. The van der Waals surface area contributed by atoms with Crippen LogP contribution in [-0.4, -0.2) is 48.0 Å². The molecule has 4 nitrogen and oxygen atoms in total. The third kappa shape index (κ3) is 6.74. The summed E-state index contributed by atoms with van der Waals surface area (Å²) in [6.07, 6.45) is 0. The van der Waals surface area contributed by atoms with Crippen molar-refractivity contribution in [3.8, 4) is 0 Å². The highest BCUT2D eigenvalue weighted by molar-refractivity contribution is 6.81. The molecular weight excluding hydrogens is 406 g/mol. The van der Waals surface area contributed by atoms with E-state index in [1.807, 2.05) is 20.8 Å². The Hall–Kier alpha value is -0.506. The second-order valence-electron chi connectivity index (χ2n) is 8.99. The molecule has 6 heteroatoms. The van der Waals surface area contributed by atoms with Gasteiger partial charge in [0.1, 0.15) is 8.24 Å². The topological polar surface area (TPSA) is 30.9 Å². The Morgan fingerprint density at radius 2 is 1.17 bits per heavy atom. The van der Waals surface area contributed by atoms with E-state index in [1.54, 1.807) is 0 Å². The lowest BCUT2D eigenvalue weighted by Crippen LogP contribution is -2.61. The van der Waals surface area contributed by atoms with Gasteiger partial charge < -0.3 is 17.8 Å². The van der Waals surface area contributed by atoms with E-state index in [1.165, 1.54) is 5.56 Å². The van der Waals surface area contributed by atoms with E-state index in [-0.39, 0.29) is 0 Å². The molecule has 0 amide bonds. The molecule has 0 unspecified atom stereocenters. The van der Waals surface area contributed by atoms with E-state index >= 15 is 0 Å². The molecule has 0 atom stereocenters. The summed E-state index contributed by atoms with van der Waals surface area (Å²) in [6, 6.07) is 11.8. The van der Waals surface area contributed by atoms with E-state index < -0.39 is 17.0 Å². The summed E-state index contributed by atoms with van der Waals surface area (Å²) in [5, 5.41) is 0. The first-order valence-corrected chi connectivity index (χ1v) is 16.0. The van der Waals surface area contributed by atoms with Gasteiger partial charge in [-0.1, -0.05) is 71.9 Å². The smallest absolute Gasteiger partial charge is 0.374 e. The van der Waals surface area contributed by atoms with Crippen LogP contribution in [0.4, 0.5) is 0 Å². The largest absolute Gasteiger partial charge is 0.502 e. The molecule has 0 aliphatic carbocycles. The summed E-state index contributed by atoms with van der Waals surface area (Å²) in [4.78, 5) is 0. The summed E-state index contributed by atoms with van der Waals surface area (Å²) < 4.78 is 21.4. The zero-order valence-electron chi connectivity index (χ0n) is 21.0. The number of nitrogens with zero attached hydrogens (tertiary/aromatic N) is 1. The minimum atomic E-state index is -2.68. The lowest BCUT2D eigenvalue weighted by molar-refractivity contribution is 0.0696. The lowest BCUT2D eigenvalue weighted by atomic mass is 10.2. The number of hydrogen-bond acceptors (Lipinski definition) is 4. The number of benzene rings is 1. The Morgan fingerprint density at radius 3 is 1.53 bits per heavy atom. The normalized spacial score (nSPS) is 13.2. The van der Waals surface area contributed by atoms with Crippen LogP contribution >= 0.6 is 0 Å². The first-order valence-electron chi connectivity index (χ1n) is 11.9. The van der Waals surface area contributed by atoms with Gasteiger partial charge in [0.15, 0.2) is 0 Å². The second-order valence-corrected chi connectivity index (χ2v) is 17.6. The SMILES string of the molecule is CCO[Si](CCN(Cc1ccccc1)[Si](C(C)C)(C(C)C)C(C)C)(OCC)OCC. The Bertz CT molecular complexity index is 542. The van der Waals surface area contributed by atoms with Crippen LogP contribution < -0.4 is 0 Å². The standard InChI is InChI=1S/C24H47NO3Si2/c1-10-26-29(27-11-2,28-12-3)19-18-25(20-24-16-14-13-15-17-24)30(21(4)5,22(6)7)23(8)9/h13-17,21-23H,10-12,18-20H2,1-9H3. The fourth-order valence-electron chi connectivity index (χ4n) is 5.58. The maximum absolute atomic E-state index is 6.19. The first kappa shape index (κ1) is 27.5. The molecule has 0 saturated carbocycles. The van der Waals surface area contributed by atoms with E-state index in [2.05, 4.69) is 76.4 Å². The third-order valence-electron chi connectivity index (χ3n) is 6.32. The molecule has 1 aromatic rings. The predicted molar refractivity (Wildman–Crippen MR) is 133 cm³/mol. The monoisotopic (exact) mass is 453 g/mol. The van der Waals surface area contributed by atoms with Gasteiger partial charge in [-0.05, 0) is 49.5 Å². The van der Waals surface area contributed by atoms with Crippen molar-refractivity contribution in [1.29, 1.82) is 0 Å². The average Bonchev–Trinajstić information content (AvgIpc) is 2.67. The molecule has 0 aliphatic heterocycles. The van der Waals surface area contributed by atoms with Crippen LogP contribution in [0.3, 0.4) is 0 Å². The van der Waals surface area contributed by atoms with Gasteiger partial charge >= 0.3 is 8.80 Å². The summed E-state index contributed by atoms with van der Waals surface area (Å²) in [5.41, 5.74) is 3.35. The quantitative estimate of drug-likeness (QED) is 0.276.